The highest BCUT2D eigenvalue weighted by molar-refractivity contribution is 4.73. The van der Waals surface area contributed by atoms with Gasteiger partial charge in [0.25, 0.3) is 0 Å². The zero-order chi connectivity index (χ0) is 11.3. The normalized spacial score (nSPS) is 32.2. The largest absolute Gasteiger partial charge is 0.375 e. The predicted molar refractivity (Wildman–Crippen MR) is 56.8 cm³/mol. The van der Waals surface area contributed by atoms with Gasteiger partial charge in [0, 0.05) is 14.2 Å². The Balaban J connectivity index is 2.25. The van der Waals surface area contributed by atoms with Crippen molar-refractivity contribution in [1.29, 1.82) is 0 Å². The van der Waals surface area contributed by atoms with E-state index in [2.05, 4.69) is 13.8 Å². The van der Waals surface area contributed by atoms with Crippen molar-refractivity contribution in [2.45, 2.75) is 51.3 Å². The number of ether oxygens (including phenoxy) is 4. The lowest BCUT2D eigenvalue weighted by atomic mass is 10.0. The van der Waals surface area contributed by atoms with Gasteiger partial charge in [-0.3, -0.25) is 0 Å². The van der Waals surface area contributed by atoms with Crippen LogP contribution >= 0.6 is 0 Å². The molecule has 1 saturated heterocycles. The molecule has 1 heterocycles. The Hall–Kier alpha value is -0.160. The van der Waals surface area contributed by atoms with Crippen LogP contribution in [-0.4, -0.2) is 45.4 Å². The van der Waals surface area contributed by atoms with Crippen LogP contribution < -0.4 is 0 Å². The molecule has 0 N–H and O–H groups in total. The molecule has 2 unspecified atom stereocenters. The van der Waals surface area contributed by atoms with E-state index in [1.165, 1.54) is 0 Å². The summed E-state index contributed by atoms with van der Waals surface area (Å²) >= 11 is 0. The van der Waals surface area contributed by atoms with E-state index in [0.29, 0.717) is 6.61 Å². The predicted octanol–water partition coefficient (Wildman–Crippen LogP) is 1.58. The zero-order valence-corrected chi connectivity index (χ0v) is 10.1. The number of hydrogen-bond donors (Lipinski definition) is 0. The summed E-state index contributed by atoms with van der Waals surface area (Å²) < 4.78 is 21.5. The summed E-state index contributed by atoms with van der Waals surface area (Å²) in [6, 6.07) is 0. The second kappa shape index (κ2) is 6.43. The fraction of sp³-hybridized carbons (Fsp3) is 1.00. The average molecular weight is 218 g/mol. The van der Waals surface area contributed by atoms with Crippen LogP contribution in [-0.2, 0) is 18.9 Å². The fourth-order valence-electron chi connectivity index (χ4n) is 1.93. The van der Waals surface area contributed by atoms with E-state index in [-0.39, 0.29) is 24.6 Å². The monoisotopic (exact) mass is 218 g/mol. The Kier molecular flexibility index (Phi) is 5.53. The van der Waals surface area contributed by atoms with Crippen LogP contribution in [0.3, 0.4) is 0 Å². The molecule has 15 heavy (non-hydrogen) atoms. The molecule has 0 bridgehead atoms. The van der Waals surface area contributed by atoms with E-state index in [1.54, 1.807) is 14.2 Å². The van der Waals surface area contributed by atoms with Crippen molar-refractivity contribution in [3.8, 4) is 0 Å². The summed E-state index contributed by atoms with van der Waals surface area (Å²) in [6.07, 6.45) is 2.45. The van der Waals surface area contributed by atoms with Gasteiger partial charge in [-0.25, -0.2) is 0 Å². The Labute approximate surface area is 91.8 Å². The van der Waals surface area contributed by atoms with Gasteiger partial charge in [-0.05, 0) is 26.7 Å². The molecule has 90 valence electrons. The van der Waals surface area contributed by atoms with Crippen molar-refractivity contribution in [2.24, 2.45) is 0 Å². The van der Waals surface area contributed by atoms with E-state index in [9.17, 15) is 0 Å². The lowest BCUT2D eigenvalue weighted by Gasteiger charge is -2.32. The molecule has 0 amide bonds. The fourth-order valence-corrected chi connectivity index (χ4v) is 1.93. The minimum atomic E-state index is -0.265. The molecule has 0 saturated carbocycles. The van der Waals surface area contributed by atoms with E-state index in [4.69, 9.17) is 18.9 Å². The van der Waals surface area contributed by atoms with Crippen LogP contribution in [0.2, 0.25) is 0 Å². The van der Waals surface area contributed by atoms with E-state index in [0.717, 1.165) is 12.8 Å². The van der Waals surface area contributed by atoms with Gasteiger partial charge < -0.3 is 18.9 Å². The first-order valence-corrected chi connectivity index (χ1v) is 5.48. The van der Waals surface area contributed by atoms with Crippen molar-refractivity contribution < 1.29 is 18.9 Å². The quantitative estimate of drug-likeness (QED) is 0.656. The third-order valence-electron chi connectivity index (χ3n) is 2.65. The molecule has 1 fully saturated rings. The molecule has 4 nitrogen and oxygen atoms in total. The van der Waals surface area contributed by atoms with Gasteiger partial charge >= 0.3 is 0 Å². The molecule has 4 heteroatoms. The highest BCUT2D eigenvalue weighted by atomic mass is 16.7. The number of methoxy groups -OCH3 is 2. The lowest BCUT2D eigenvalue weighted by Crippen LogP contribution is -2.36. The third kappa shape index (κ3) is 4.47. The van der Waals surface area contributed by atoms with Crippen molar-refractivity contribution in [2.75, 3.05) is 20.8 Å². The smallest absolute Gasteiger partial charge is 0.180 e. The summed E-state index contributed by atoms with van der Waals surface area (Å²) in [5.41, 5.74) is 0. The first kappa shape index (κ1) is 12.9. The maximum absolute atomic E-state index is 5.74. The minimum Gasteiger partial charge on any atom is -0.375 e. The van der Waals surface area contributed by atoms with Crippen molar-refractivity contribution in [1.82, 2.24) is 0 Å². The average Bonchev–Trinajstić information content (AvgIpc) is 2.18. The summed E-state index contributed by atoms with van der Waals surface area (Å²) in [7, 11) is 3.24. The van der Waals surface area contributed by atoms with Gasteiger partial charge in [-0.15, -0.1) is 0 Å². The highest BCUT2D eigenvalue weighted by Crippen LogP contribution is 2.21. The van der Waals surface area contributed by atoms with Gasteiger partial charge in [0.2, 0.25) is 0 Å². The molecule has 0 aliphatic carbocycles. The minimum absolute atomic E-state index is 0.261. The third-order valence-corrected chi connectivity index (χ3v) is 2.65. The molecule has 1 rings (SSSR count). The maximum Gasteiger partial charge on any atom is 0.180 e. The van der Waals surface area contributed by atoms with Gasteiger partial charge in [-0.2, -0.15) is 0 Å². The Morgan fingerprint density at radius 3 is 2.13 bits per heavy atom. The Morgan fingerprint density at radius 1 is 1.13 bits per heavy atom. The van der Waals surface area contributed by atoms with Gasteiger partial charge in [0.1, 0.15) is 0 Å². The van der Waals surface area contributed by atoms with Gasteiger partial charge in [-0.1, -0.05) is 0 Å². The zero-order valence-electron chi connectivity index (χ0n) is 10.1. The van der Waals surface area contributed by atoms with Crippen LogP contribution in [0.1, 0.15) is 26.7 Å². The van der Waals surface area contributed by atoms with Crippen LogP contribution in [0.15, 0.2) is 0 Å². The molecular weight excluding hydrogens is 196 g/mol. The molecule has 0 aromatic rings. The molecule has 0 radical (unpaired) electrons. The second-order valence-electron chi connectivity index (χ2n) is 4.09. The Bertz CT molecular complexity index is 160. The number of hydrogen-bond acceptors (Lipinski definition) is 4. The van der Waals surface area contributed by atoms with Crippen LogP contribution in [0, 0.1) is 0 Å². The number of rotatable bonds is 5. The van der Waals surface area contributed by atoms with Crippen LogP contribution in [0.4, 0.5) is 0 Å². The molecule has 1 aliphatic heterocycles. The molecule has 1 aliphatic rings. The van der Waals surface area contributed by atoms with Gasteiger partial charge in [0.15, 0.2) is 6.29 Å². The van der Waals surface area contributed by atoms with E-state index < -0.39 is 0 Å². The van der Waals surface area contributed by atoms with Gasteiger partial charge in [0.05, 0.1) is 24.9 Å². The summed E-state index contributed by atoms with van der Waals surface area (Å²) in [4.78, 5) is 0. The lowest BCUT2D eigenvalue weighted by molar-refractivity contribution is -0.171. The topological polar surface area (TPSA) is 36.9 Å². The SMILES string of the molecule is COC(COC1CC(C)OC(C)C1)OC. The summed E-state index contributed by atoms with van der Waals surface area (Å²) in [6.45, 7) is 4.64. The molecule has 0 spiro atoms. The first-order valence-electron chi connectivity index (χ1n) is 5.48. The van der Waals surface area contributed by atoms with Crippen LogP contribution in [0.5, 0.6) is 0 Å². The molecule has 0 aromatic heterocycles. The first-order chi connectivity index (χ1) is 7.15. The standard InChI is InChI=1S/C11H22O4/c1-8-5-10(6-9(2)15-8)14-7-11(12-3)13-4/h8-11H,5-7H2,1-4H3. The molecule has 2 atom stereocenters. The second-order valence-corrected chi connectivity index (χ2v) is 4.09. The summed E-state index contributed by atoms with van der Waals surface area (Å²) in [5, 5.41) is 0. The highest BCUT2D eigenvalue weighted by Gasteiger charge is 2.25. The summed E-state index contributed by atoms with van der Waals surface area (Å²) in [5.74, 6) is 0. The van der Waals surface area contributed by atoms with E-state index in [1.807, 2.05) is 0 Å². The molecular formula is C11H22O4. The van der Waals surface area contributed by atoms with Crippen molar-refractivity contribution >= 4 is 0 Å². The van der Waals surface area contributed by atoms with Crippen molar-refractivity contribution in [3.05, 3.63) is 0 Å². The van der Waals surface area contributed by atoms with Crippen molar-refractivity contribution in [3.63, 3.8) is 0 Å². The maximum atomic E-state index is 5.74. The molecule has 0 aromatic carbocycles. The van der Waals surface area contributed by atoms with E-state index >= 15 is 0 Å². The van der Waals surface area contributed by atoms with Crippen LogP contribution in [0.25, 0.3) is 0 Å². The Morgan fingerprint density at radius 2 is 1.67 bits per heavy atom.